The van der Waals surface area contributed by atoms with Gasteiger partial charge in [0, 0.05) is 11.8 Å². The number of carbonyl (C=O) groups excluding carboxylic acids is 2. The van der Waals surface area contributed by atoms with Crippen LogP contribution in [0.3, 0.4) is 0 Å². The van der Waals surface area contributed by atoms with E-state index in [1.54, 1.807) is 6.92 Å². The molecule has 1 heterocycles. The Morgan fingerprint density at radius 2 is 1.71 bits per heavy atom. The summed E-state index contributed by atoms with van der Waals surface area (Å²) < 4.78 is 26.8. The Kier molecular flexibility index (Phi) is 7.70. The number of carbonyl (C=O) groups is 2. The number of aryl methyl sites for hydroxylation is 1. The first-order chi connectivity index (χ1) is 14.9. The lowest BCUT2D eigenvalue weighted by molar-refractivity contribution is -1.01. The molecule has 166 valence electrons. The van der Waals surface area contributed by atoms with E-state index in [0.29, 0.717) is 6.54 Å². The number of nitrogens with one attached hydrogen (secondary N) is 4. The number of hydrogen-bond acceptors (Lipinski definition) is 2. The highest BCUT2D eigenvalue weighted by Crippen LogP contribution is 2.15. The van der Waals surface area contributed by atoms with Gasteiger partial charge in [-0.3, -0.25) is 9.59 Å². The summed E-state index contributed by atoms with van der Waals surface area (Å²) in [5.74, 6) is -1.80. The molecular weight excluding hydrogens is 402 g/mol. The van der Waals surface area contributed by atoms with Crippen LogP contribution in [-0.4, -0.2) is 50.6 Å². The molecule has 0 saturated carbocycles. The van der Waals surface area contributed by atoms with E-state index in [-0.39, 0.29) is 23.5 Å². The molecule has 1 aliphatic heterocycles. The maximum Gasteiger partial charge on any atom is 0.282 e. The number of halogens is 2. The summed E-state index contributed by atoms with van der Waals surface area (Å²) in [5.41, 5.74) is 1.94. The fourth-order valence-corrected chi connectivity index (χ4v) is 3.92. The molecule has 2 amide bonds. The molecule has 2 aromatic carbocycles. The van der Waals surface area contributed by atoms with Crippen LogP contribution >= 0.6 is 0 Å². The van der Waals surface area contributed by atoms with Crippen molar-refractivity contribution in [2.75, 3.05) is 43.4 Å². The smallest absolute Gasteiger partial charge is 0.282 e. The van der Waals surface area contributed by atoms with Crippen molar-refractivity contribution in [2.24, 2.45) is 0 Å². The topological polar surface area (TPSA) is 67.1 Å². The number of para-hydroxylation sites is 1. The number of hydrogen-bond donors (Lipinski definition) is 4. The van der Waals surface area contributed by atoms with E-state index in [9.17, 15) is 18.4 Å². The van der Waals surface area contributed by atoms with Crippen LogP contribution in [0.5, 0.6) is 0 Å². The predicted octanol–water partition coefficient (Wildman–Crippen LogP) is 0.276. The van der Waals surface area contributed by atoms with Gasteiger partial charge in [0.1, 0.15) is 37.8 Å². The quantitative estimate of drug-likeness (QED) is 0.508. The molecule has 2 aromatic rings. The van der Waals surface area contributed by atoms with E-state index in [1.165, 1.54) is 11.0 Å². The third kappa shape index (κ3) is 6.08. The lowest BCUT2D eigenvalue weighted by atomic mass is 10.1. The minimum Gasteiger partial charge on any atom is -0.321 e. The van der Waals surface area contributed by atoms with Crippen LogP contribution in [0.1, 0.15) is 19.4 Å². The number of quaternary nitrogens is 2. The summed E-state index contributed by atoms with van der Waals surface area (Å²) in [6.07, 6.45) is 0.854. The first-order valence-electron chi connectivity index (χ1n) is 10.7. The number of piperazine rings is 1. The van der Waals surface area contributed by atoms with Crippen molar-refractivity contribution < 1.29 is 28.2 Å². The molecule has 1 atom stereocenters. The summed E-state index contributed by atoms with van der Waals surface area (Å²) in [4.78, 5) is 27.2. The van der Waals surface area contributed by atoms with Crippen LogP contribution < -0.4 is 20.4 Å². The van der Waals surface area contributed by atoms with Gasteiger partial charge in [0.25, 0.3) is 11.8 Å². The number of benzene rings is 2. The zero-order valence-electron chi connectivity index (χ0n) is 17.9. The van der Waals surface area contributed by atoms with Crippen molar-refractivity contribution in [3.63, 3.8) is 0 Å². The van der Waals surface area contributed by atoms with Crippen LogP contribution in [0.25, 0.3) is 0 Å². The third-order valence-corrected chi connectivity index (χ3v) is 5.88. The molecule has 0 spiro atoms. The van der Waals surface area contributed by atoms with Crippen molar-refractivity contribution in [1.82, 2.24) is 0 Å². The highest BCUT2D eigenvalue weighted by atomic mass is 19.1. The average molecular weight is 433 g/mol. The Bertz CT molecular complexity index is 930. The lowest BCUT2D eigenvalue weighted by Gasteiger charge is -2.32. The average Bonchev–Trinajstić information content (AvgIpc) is 2.76. The lowest BCUT2D eigenvalue weighted by Crippen LogP contribution is -3.30. The van der Waals surface area contributed by atoms with E-state index in [1.807, 2.05) is 24.3 Å². The van der Waals surface area contributed by atoms with E-state index in [0.717, 1.165) is 60.9 Å². The summed E-state index contributed by atoms with van der Waals surface area (Å²) in [6.45, 7) is 7.23. The van der Waals surface area contributed by atoms with E-state index >= 15 is 0 Å². The van der Waals surface area contributed by atoms with Crippen molar-refractivity contribution in [3.05, 3.63) is 59.7 Å². The van der Waals surface area contributed by atoms with Gasteiger partial charge in [-0.15, -0.1) is 0 Å². The Hall–Kier alpha value is -2.84. The molecule has 8 heteroatoms. The Labute approximate surface area is 181 Å². The molecule has 4 N–H and O–H groups in total. The van der Waals surface area contributed by atoms with Crippen molar-refractivity contribution in [2.45, 2.75) is 26.3 Å². The highest BCUT2D eigenvalue weighted by Gasteiger charge is 2.32. The molecule has 0 aliphatic carbocycles. The maximum absolute atomic E-state index is 13.8. The van der Waals surface area contributed by atoms with Gasteiger partial charge in [0.05, 0.1) is 5.69 Å². The van der Waals surface area contributed by atoms with Crippen LogP contribution in [0.2, 0.25) is 0 Å². The second kappa shape index (κ2) is 10.5. The molecule has 31 heavy (non-hydrogen) atoms. The van der Waals surface area contributed by atoms with Gasteiger partial charge in [0.15, 0.2) is 12.6 Å². The largest absolute Gasteiger partial charge is 0.321 e. The molecule has 6 nitrogen and oxygen atoms in total. The Balaban J connectivity index is 1.47. The van der Waals surface area contributed by atoms with Gasteiger partial charge < -0.3 is 20.4 Å². The minimum atomic E-state index is -0.791. The molecule has 3 rings (SSSR count). The van der Waals surface area contributed by atoms with Crippen LogP contribution in [0.4, 0.5) is 20.2 Å². The van der Waals surface area contributed by atoms with Gasteiger partial charge in [-0.2, -0.15) is 0 Å². The van der Waals surface area contributed by atoms with E-state index in [4.69, 9.17) is 0 Å². The zero-order chi connectivity index (χ0) is 22.4. The van der Waals surface area contributed by atoms with Crippen molar-refractivity contribution in [1.29, 1.82) is 0 Å². The summed E-state index contributed by atoms with van der Waals surface area (Å²) in [5, 5.41) is 5.55. The molecule has 1 fully saturated rings. The van der Waals surface area contributed by atoms with Gasteiger partial charge in [-0.05, 0) is 37.1 Å². The third-order valence-electron chi connectivity index (χ3n) is 5.88. The molecule has 0 aromatic heterocycles. The number of rotatable bonds is 7. The first kappa shape index (κ1) is 22.8. The predicted molar refractivity (Wildman–Crippen MR) is 115 cm³/mol. The first-order valence-corrected chi connectivity index (χ1v) is 10.7. The zero-order valence-corrected chi connectivity index (χ0v) is 17.9. The Morgan fingerprint density at radius 3 is 2.39 bits per heavy atom. The monoisotopic (exact) mass is 432 g/mol. The molecule has 0 bridgehead atoms. The summed E-state index contributed by atoms with van der Waals surface area (Å²) >= 11 is 0. The van der Waals surface area contributed by atoms with E-state index in [2.05, 4.69) is 17.6 Å². The molecular formula is C23H30F2N4O2+2. The summed E-state index contributed by atoms with van der Waals surface area (Å²) in [6, 6.07) is 10.5. The fraction of sp³-hybridized carbons (Fsp3) is 0.391. The molecule has 1 aliphatic rings. The molecule has 1 saturated heterocycles. The van der Waals surface area contributed by atoms with Crippen LogP contribution in [0, 0.1) is 11.6 Å². The van der Waals surface area contributed by atoms with Crippen LogP contribution in [-0.2, 0) is 16.0 Å². The highest BCUT2D eigenvalue weighted by molar-refractivity contribution is 5.93. The van der Waals surface area contributed by atoms with Crippen molar-refractivity contribution >= 4 is 23.2 Å². The fourth-order valence-electron chi connectivity index (χ4n) is 3.92. The molecule has 0 radical (unpaired) electrons. The van der Waals surface area contributed by atoms with Crippen LogP contribution in [0.15, 0.2) is 42.5 Å². The Morgan fingerprint density at radius 1 is 1.00 bits per heavy atom. The summed E-state index contributed by atoms with van der Waals surface area (Å²) in [7, 11) is 0. The van der Waals surface area contributed by atoms with E-state index < -0.39 is 11.6 Å². The van der Waals surface area contributed by atoms with Gasteiger partial charge in [0.2, 0.25) is 0 Å². The van der Waals surface area contributed by atoms with Crippen molar-refractivity contribution in [3.8, 4) is 0 Å². The number of anilines is 2. The second-order valence-corrected chi connectivity index (χ2v) is 7.98. The second-order valence-electron chi connectivity index (χ2n) is 7.98. The number of amides is 2. The van der Waals surface area contributed by atoms with Gasteiger partial charge >= 0.3 is 0 Å². The maximum atomic E-state index is 13.8. The SMILES string of the molecule is CCc1ccccc1NC(=O)C[NH+]1CC[NH+](C(C)C(=O)Nc2ccc(F)cc2F)CC1. The normalized spacial score (nSPS) is 19.5. The van der Waals surface area contributed by atoms with Gasteiger partial charge in [-0.1, -0.05) is 25.1 Å². The van der Waals surface area contributed by atoms with Gasteiger partial charge in [-0.25, -0.2) is 8.78 Å². The molecule has 1 unspecified atom stereocenters. The minimum absolute atomic E-state index is 0.0167. The standard InChI is InChI=1S/C23H28F2N4O2/c1-3-17-6-4-5-7-20(17)26-22(30)15-28-10-12-29(13-11-28)16(2)23(31)27-21-9-8-18(24)14-19(21)25/h4-9,14,16H,3,10-13,15H2,1-2H3,(H,26,30)(H,27,31)/p+2.